The van der Waals surface area contributed by atoms with Gasteiger partial charge in [0.1, 0.15) is 23.3 Å². The van der Waals surface area contributed by atoms with E-state index in [2.05, 4.69) is 10.1 Å². The third kappa shape index (κ3) is 2.62. The Morgan fingerprint density at radius 2 is 2.05 bits per heavy atom. The van der Waals surface area contributed by atoms with Crippen LogP contribution in [0.25, 0.3) is 21.3 Å². The lowest BCUT2D eigenvalue weighted by Crippen LogP contribution is -2.19. The molecule has 2 aromatic heterocycles. The molecule has 0 atom stereocenters. The van der Waals surface area contributed by atoms with Gasteiger partial charge in [0.2, 0.25) is 0 Å². The van der Waals surface area contributed by atoms with Gasteiger partial charge >= 0.3 is 0 Å². The molecule has 0 unspecified atom stereocenters. The molecule has 0 saturated heterocycles. The molecule has 1 aromatic carbocycles. The van der Waals surface area contributed by atoms with Crippen LogP contribution >= 0.6 is 11.3 Å². The second kappa shape index (κ2) is 5.69. The van der Waals surface area contributed by atoms with Gasteiger partial charge in [0.25, 0.3) is 5.56 Å². The first-order valence-corrected chi connectivity index (χ1v) is 7.40. The number of hydrogen-bond acceptors (Lipinski definition) is 4. The van der Waals surface area contributed by atoms with Crippen molar-refractivity contribution < 1.29 is 4.39 Å². The number of aromatic nitrogens is 2. The van der Waals surface area contributed by atoms with Gasteiger partial charge in [-0.2, -0.15) is 9.78 Å². The zero-order chi connectivity index (χ0) is 15.7. The van der Waals surface area contributed by atoms with E-state index in [4.69, 9.17) is 0 Å². The zero-order valence-corrected chi connectivity index (χ0v) is 12.8. The molecular weight excluding hydrogens is 303 g/mol. The Morgan fingerprint density at radius 1 is 1.32 bits per heavy atom. The van der Waals surface area contributed by atoms with Gasteiger partial charge in [-0.15, -0.1) is 11.3 Å². The summed E-state index contributed by atoms with van der Waals surface area (Å²) >= 11 is 1.38. The summed E-state index contributed by atoms with van der Waals surface area (Å²) in [6.45, 7) is 0. The van der Waals surface area contributed by atoms with Gasteiger partial charge in [-0.1, -0.05) is 12.1 Å². The molecule has 7 heteroatoms. The van der Waals surface area contributed by atoms with Crippen molar-refractivity contribution in [3.8, 4) is 11.1 Å². The summed E-state index contributed by atoms with van der Waals surface area (Å²) in [6, 6.07) is 6.04. The van der Waals surface area contributed by atoms with Crippen molar-refractivity contribution in [3.63, 3.8) is 0 Å². The molecule has 0 radical (unpaired) electrons. The normalized spacial score (nSPS) is 11.4. The summed E-state index contributed by atoms with van der Waals surface area (Å²) < 4.78 is 14.3. The summed E-state index contributed by atoms with van der Waals surface area (Å²) in [5.74, 6) is -0.311. The fourth-order valence-corrected chi connectivity index (χ4v) is 2.91. The molecule has 112 valence electrons. The minimum Gasteiger partial charge on any atom is -0.367 e. The first kappa shape index (κ1) is 14.4. The van der Waals surface area contributed by atoms with Crippen LogP contribution in [0.2, 0.25) is 0 Å². The Bertz CT molecular complexity index is 896. The predicted octanol–water partition coefficient (Wildman–Crippen LogP) is 2.62. The highest BCUT2D eigenvalue weighted by Crippen LogP contribution is 2.30. The van der Waals surface area contributed by atoms with Crippen LogP contribution in [-0.2, 0) is 0 Å². The van der Waals surface area contributed by atoms with Gasteiger partial charge in [-0.25, -0.2) is 9.37 Å². The van der Waals surface area contributed by atoms with Crippen molar-refractivity contribution in [2.45, 2.75) is 0 Å². The molecule has 0 bridgehead atoms. The van der Waals surface area contributed by atoms with E-state index in [0.29, 0.717) is 10.2 Å². The number of benzene rings is 1. The molecule has 3 aromatic rings. The summed E-state index contributed by atoms with van der Waals surface area (Å²) in [5.41, 5.74) is 1.27. The maximum Gasteiger partial charge on any atom is 0.283 e. The fraction of sp³-hybridized carbons (Fsp3) is 0.133. The number of nitrogens with zero attached hydrogens (tertiary/aromatic N) is 4. The maximum atomic E-state index is 13.1. The molecule has 0 spiro atoms. The minimum atomic E-state index is -0.311. The third-order valence-corrected chi connectivity index (χ3v) is 3.93. The van der Waals surface area contributed by atoms with Crippen molar-refractivity contribution in [3.05, 3.63) is 52.1 Å². The number of fused-ring (bicyclic) bond motifs is 1. The van der Waals surface area contributed by atoms with Crippen LogP contribution in [-0.4, -0.2) is 35.0 Å². The molecule has 22 heavy (non-hydrogen) atoms. The second-order valence-electron chi connectivity index (χ2n) is 4.93. The van der Waals surface area contributed by atoms with E-state index in [1.54, 1.807) is 17.0 Å². The van der Waals surface area contributed by atoms with E-state index < -0.39 is 0 Å². The minimum absolute atomic E-state index is 0.247. The molecule has 0 amide bonds. The van der Waals surface area contributed by atoms with E-state index in [9.17, 15) is 9.18 Å². The molecule has 0 fully saturated rings. The second-order valence-corrected chi connectivity index (χ2v) is 5.78. The Morgan fingerprint density at radius 3 is 2.73 bits per heavy atom. The molecule has 0 aliphatic rings. The molecule has 0 N–H and O–H groups in total. The van der Waals surface area contributed by atoms with Crippen LogP contribution in [0.1, 0.15) is 0 Å². The smallest absolute Gasteiger partial charge is 0.283 e. The Balaban J connectivity index is 2.19. The highest BCUT2D eigenvalue weighted by Gasteiger charge is 2.13. The van der Waals surface area contributed by atoms with E-state index in [1.165, 1.54) is 40.8 Å². The SMILES string of the molecule is CN(C)/C=N\n1cnc2scc(-c3ccc(F)cc3)c2c1=O. The number of halogens is 1. The molecule has 5 nitrogen and oxygen atoms in total. The van der Waals surface area contributed by atoms with E-state index in [-0.39, 0.29) is 11.4 Å². The summed E-state index contributed by atoms with van der Waals surface area (Å²) in [7, 11) is 3.63. The summed E-state index contributed by atoms with van der Waals surface area (Å²) in [5, 5.41) is 6.42. The maximum absolute atomic E-state index is 13.1. The largest absolute Gasteiger partial charge is 0.367 e. The van der Waals surface area contributed by atoms with Crippen molar-refractivity contribution in [1.82, 2.24) is 14.6 Å². The van der Waals surface area contributed by atoms with Gasteiger partial charge in [0.15, 0.2) is 0 Å². The Kier molecular flexibility index (Phi) is 3.72. The number of hydrogen-bond donors (Lipinski definition) is 0. The van der Waals surface area contributed by atoms with Crippen molar-refractivity contribution in [2.24, 2.45) is 5.10 Å². The first-order chi connectivity index (χ1) is 10.6. The average molecular weight is 316 g/mol. The van der Waals surface area contributed by atoms with Gasteiger partial charge in [-0.05, 0) is 17.7 Å². The molecule has 0 aliphatic heterocycles. The summed E-state index contributed by atoms with van der Waals surface area (Å²) in [4.78, 5) is 19.2. The van der Waals surface area contributed by atoms with E-state index in [0.717, 1.165) is 11.1 Å². The van der Waals surface area contributed by atoms with Crippen molar-refractivity contribution in [1.29, 1.82) is 0 Å². The quantitative estimate of drug-likeness (QED) is 0.551. The monoisotopic (exact) mass is 316 g/mol. The average Bonchev–Trinajstić information content (AvgIpc) is 2.92. The lowest BCUT2D eigenvalue weighted by molar-refractivity contribution is 0.628. The Hall–Kier alpha value is -2.54. The third-order valence-electron chi connectivity index (χ3n) is 3.04. The lowest BCUT2D eigenvalue weighted by atomic mass is 10.1. The molecule has 0 saturated carbocycles. The van der Waals surface area contributed by atoms with Crippen LogP contribution in [0.5, 0.6) is 0 Å². The molecular formula is C15H13FN4OS. The molecule has 2 heterocycles. The van der Waals surface area contributed by atoms with E-state index in [1.807, 2.05) is 19.5 Å². The van der Waals surface area contributed by atoms with Crippen LogP contribution < -0.4 is 5.56 Å². The lowest BCUT2D eigenvalue weighted by Gasteiger charge is -2.04. The van der Waals surface area contributed by atoms with Crippen molar-refractivity contribution in [2.75, 3.05) is 14.1 Å². The molecule has 0 aliphatic carbocycles. The summed E-state index contributed by atoms with van der Waals surface area (Å²) in [6.07, 6.45) is 2.93. The van der Waals surface area contributed by atoms with Crippen LogP contribution in [0, 0.1) is 5.82 Å². The van der Waals surface area contributed by atoms with Gasteiger partial charge in [-0.3, -0.25) is 4.79 Å². The van der Waals surface area contributed by atoms with Crippen LogP contribution in [0.3, 0.4) is 0 Å². The van der Waals surface area contributed by atoms with Gasteiger partial charge in [0.05, 0.1) is 5.39 Å². The van der Waals surface area contributed by atoms with Crippen LogP contribution in [0.4, 0.5) is 4.39 Å². The fourth-order valence-electron chi connectivity index (χ4n) is 2.01. The zero-order valence-electron chi connectivity index (χ0n) is 12.0. The van der Waals surface area contributed by atoms with Gasteiger partial charge < -0.3 is 4.90 Å². The van der Waals surface area contributed by atoms with Gasteiger partial charge in [0, 0.05) is 25.0 Å². The standard InChI is InChI=1S/C15H13FN4OS/c1-19(2)9-18-20-8-17-14-13(15(20)21)12(7-22-14)10-3-5-11(16)6-4-10/h3-9H,1-2H3/b18-9-. The topological polar surface area (TPSA) is 50.5 Å². The number of thiophene rings is 1. The molecule has 3 rings (SSSR count). The first-order valence-electron chi connectivity index (χ1n) is 6.52. The number of rotatable bonds is 3. The van der Waals surface area contributed by atoms with Crippen LogP contribution in [0.15, 0.2) is 45.9 Å². The van der Waals surface area contributed by atoms with E-state index >= 15 is 0 Å². The predicted molar refractivity (Wildman–Crippen MR) is 86.9 cm³/mol. The van der Waals surface area contributed by atoms with Crippen molar-refractivity contribution >= 4 is 27.9 Å². The highest BCUT2D eigenvalue weighted by atomic mass is 32.1. The Labute approximate surface area is 130 Å². The highest BCUT2D eigenvalue weighted by molar-refractivity contribution is 7.17.